The Morgan fingerprint density at radius 1 is 1.18 bits per heavy atom. The van der Waals surface area contributed by atoms with Crippen LogP contribution >= 0.6 is 11.3 Å². The Labute approximate surface area is 195 Å². The minimum atomic E-state index is -3.70. The molecule has 0 fully saturated rings. The zero-order valence-corrected chi connectivity index (χ0v) is 19.9. The summed E-state index contributed by atoms with van der Waals surface area (Å²) in [6.45, 7) is 5.48. The summed E-state index contributed by atoms with van der Waals surface area (Å²) in [6.07, 6.45) is 0.376. The topological polar surface area (TPSA) is 101 Å². The van der Waals surface area contributed by atoms with Crippen molar-refractivity contribution < 1.29 is 17.6 Å². The van der Waals surface area contributed by atoms with Crippen molar-refractivity contribution in [2.24, 2.45) is 10.9 Å². The average molecular weight is 487 g/mol. The SMILES string of the molecule is Cc1nc(NC(=O)[C@@H](N=C2NS(=O)(=O)c3ccccc32)C(C)C)sc1Cc1ccccc1F. The van der Waals surface area contributed by atoms with Crippen molar-refractivity contribution in [3.63, 3.8) is 0 Å². The standard InChI is InChI=1S/C23H23FN4O3S2/c1-13(2)20(26-21-16-9-5-7-11-19(16)33(30,31)28-21)22(29)27-23-25-14(3)18(32-23)12-15-8-4-6-10-17(15)24/h4-11,13,20H,12H2,1-3H3,(H,26,28)(H,25,27,29)/t20-/m0/s1. The molecule has 1 atom stereocenters. The van der Waals surface area contributed by atoms with E-state index in [4.69, 9.17) is 0 Å². The van der Waals surface area contributed by atoms with Crippen molar-refractivity contribution in [1.82, 2.24) is 9.71 Å². The number of carbonyl (C=O) groups is 1. The van der Waals surface area contributed by atoms with Gasteiger partial charge in [-0.25, -0.2) is 17.8 Å². The zero-order chi connectivity index (χ0) is 23.8. The molecule has 1 aromatic heterocycles. The molecular weight excluding hydrogens is 463 g/mol. The monoisotopic (exact) mass is 486 g/mol. The molecule has 7 nitrogen and oxygen atoms in total. The highest BCUT2D eigenvalue weighted by atomic mass is 32.2. The minimum absolute atomic E-state index is 0.139. The highest BCUT2D eigenvalue weighted by molar-refractivity contribution is 7.90. The fourth-order valence-corrected chi connectivity index (χ4v) is 5.75. The number of hydrogen-bond donors (Lipinski definition) is 2. The molecule has 4 rings (SSSR count). The Hall–Kier alpha value is -3.11. The van der Waals surface area contributed by atoms with Gasteiger partial charge in [0.1, 0.15) is 17.7 Å². The molecule has 33 heavy (non-hydrogen) atoms. The van der Waals surface area contributed by atoms with Crippen LogP contribution in [0.25, 0.3) is 0 Å². The Balaban J connectivity index is 1.56. The first-order chi connectivity index (χ1) is 15.7. The predicted octanol–water partition coefficient (Wildman–Crippen LogP) is 3.88. The van der Waals surface area contributed by atoms with Crippen LogP contribution in [-0.4, -0.2) is 31.2 Å². The first kappa shape index (κ1) is 23.1. The summed E-state index contributed by atoms with van der Waals surface area (Å²) in [5, 5.41) is 3.18. The number of nitrogens with zero attached hydrogens (tertiary/aromatic N) is 2. The minimum Gasteiger partial charge on any atom is -0.300 e. The number of carbonyl (C=O) groups excluding carboxylic acids is 1. The normalized spacial score (nSPS) is 16.5. The number of aryl methyl sites for hydroxylation is 1. The van der Waals surface area contributed by atoms with Crippen LogP contribution in [-0.2, 0) is 21.2 Å². The van der Waals surface area contributed by atoms with E-state index in [0.29, 0.717) is 28.4 Å². The molecule has 172 valence electrons. The third-order valence-corrected chi connectivity index (χ3v) is 7.73. The molecule has 0 radical (unpaired) electrons. The van der Waals surface area contributed by atoms with Gasteiger partial charge in [0.25, 0.3) is 15.9 Å². The van der Waals surface area contributed by atoms with Crippen LogP contribution < -0.4 is 10.0 Å². The second-order valence-corrected chi connectivity index (χ2v) is 10.8. The average Bonchev–Trinajstić information content (AvgIpc) is 3.23. The van der Waals surface area contributed by atoms with Gasteiger partial charge in [-0.15, -0.1) is 11.3 Å². The maximum atomic E-state index is 14.0. The number of amidine groups is 1. The summed E-state index contributed by atoms with van der Waals surface area (Å²) >= 11 is 1.28. The lowest BCUT2D eigenvalue weighted by Crippen LogP contribution is -2.34. The first-order valence-electron chi connectivity index (χ1n) is 10.4. The largest absolute Gasteiger partial charge is 0.300 e. The second-order valence-electron chi connectivity index (χ2n) is 8.05. The number of aliphatic imine (C=N–C) groups is 1. The number of nitrogens with one attached hydrogen (secondary N) is 2. The third kappa shape index (κ3) is 4.81. The summed E-state index contributed by atoms with van der Waals surface area (Å²) in [6, 6.07) is 12.2. The van der Waals surface area contributed by atoms with Gasteiger partial charge in [0.05, 0.1) is 10.6 Å². The molecular formula is C23H23FN4O3S2. The molecule has 10 heteroatoms. The van der Waals surface area contributed by atoms with Crippen molar-refractivity contribution in [2.45, 2.75) is 38.1 Å². The molecule has 0 unspecified atom stereocenters. The van der Waals surface area contributed by atoms with E-state index in [1.807, 2.05) is 20.8 Å². The van der Waals surface area contributed by atoms with E-state index in [0.717, 1.165) is 4.88 Å². The van der Waals surface area contributed by atoms with E-state index in [9.17, 15) is 17.6 Å². The second kappa shape index (κ2) is 9.03. The van der Waals surface area contributed by atoms with E-state index in [2.05, 4.69) is 20.0 Å². The summed E-state index contributed by atoms with van der Waals surface area (Å²) in [5.74, 6) is -0.734. The first-order valence-corrected chi connectivity index (χ1v) is 12.7. The van der Waals surface area contributed by atoms with Gasteiger partial charge in [-0.3, -0.25) is 14.5 Å². The number of rotatable bonds is 6. The van der Waals surface area contributed by atoms with Crippen LogP contribution in [0.5, 0.6) is 0 Å². The number of thiazole rings is 1. The fraction of sp³-hybridized carbons (Fsp3) is 0.261. The molecule has 0 saturated carbocycles. The van der Waals surface area contributed by atoms with E-state index in [1.54, 1.807) is 36.4 Å². The highest BCUT2D eigenvalue weighted by Crippen LogP contribution is 2.27. The molecule has 2 heterocycles. The molecule has 0 spiro atoms. The molecule has 1 amide bonds. The summed E-state index contributed by atoms with van der Waals surface area (Å²) < 4.78 is 41.2. The Kier molecular flexibility index (Phi) is 6.31. The molecule has 2 aromatic carbocycles. The van der Waals surface area contributed by atoms with Crippen molar-refractivity contribution >= 4 is 38.2 Å². The lowest BCUT2D eigenvalue weighted by Gasteiger charge is -2.16. The van der Waals surface area contributed by atoms with Gasteiger partial charge in [0.15, 0.2) is 5.13 Å². The van der Waals surface area contributed by atoms with Gasteiger partial charge in [-0.1, -0.05) is 44.2 Å². The van der Waals surface area contributed by atoms with Crippen LogP contribution in [0.1, 0.15) is 35.5 Å². The van der Waals surface area contributed by atoms with E-state index in [-0.39, 0.29) is 22.5 Å². The maximum Gasteiger partial charge on any atom is 0.263 e. The number of aromatic nitrogens is 1. The number of anilines is 1. The van der Waals surface area contributed by atoms with Crippen molar-refractivity contribution in [3.05, 3.63) is 76.0 Å². The van der Waals surface area contributed by atoms with E-state index >= 15 is 0 Å². The summed E-state index contributed by atoms with van der Waals surface area (Å²) in [7, 11) is -3.70. The Bertz CT molecular complexity index is 1350. The smallest absolute Gasteiger partial charge is 0.263 e. The molecule has 1 aliphatic heterocycles. The van der Waals surface area contributed by atoms with Gasteiger partial charge < -0.3 is 5.32 Å². The van der Waals surface area contributed by atoms with Crippen LogP contribution in [0.2, 0.25) is 0 Å². The lowest BCUT2D eigenvalue weighted by atomic mass is 10.0. The van der Waals surface area contributed by atoms with Gasteiger partial charge in [-0.05, 0) is 36.6 Å². The predicted molar refractivity (Wildman–Crippen MR) is 127 cm³/mol. The van der Waals surface area contributed by atoms with Crippen molar-refractivity contribution in [1.29, 1.82) is 0 Å². The highest BCUT2D eigenvalue weighted by Gasteiger charge is 2.32. The molecule has 0 saturated heterocycles. The molecule has 2 N–H and O–H groups in total. The van der Waals surface area contributed by atoms with Crippen LogP contribution in [0.3, 0.4) is 0 Å². The number of halogens is 1. The lowest BCUT2D eigenvalue weighted by molar-refractivity contribution is -0.118. The van der Waals surface area contributed by atoms with E-state index < -0.39 is 22.0 Å². The third-order valence-electron chi connectivity index (χ3n) is 5.26. The number of fused-ring (bicyclic) bond motifs is 1. The van der Waals surface area contributed by atoms with Crippen LogP contribution in [0, 0.1) is 18.7 Å². The van der Waals surface area contributed by atoms with Crippen LogP contribution in [0.15, 0.2) is 58.4 Å². The van der Waals surface area contributed by atoms with E-state index in [1.165, 1.54) is 23.5 Å². The molecule has 0 aliphatic carbocycles. The zero-order valence-electron chi connectivity index (χ0n) is 18.3. The van der Waals surface area contributed by atoms with Gasteiger partial charge in [0, 0.05) is 16.9 Å². The quantitative estimate of drug-likeness (QED) is 0.552. The van der Waals surface area contributed by atoms with Crippen molar-refractivity contribution in [2.75, 3.05) is 5.32 Å². The van der Waals surface area contributed by atoms with Crippen LogP contribution in [0.4, 0.5) is 9.52 Å². The van der Waals surface area contributed by atoms with Gasteiger partial charge in [-0.2, -0.15) is 0 Å². The molecule has 0 bridgehead atoms. The van der Waals surface area contributed by atoms with Crippen molar-refractivity contribution in [3.8, 4) is 0 Å². The number of amides is 1. The maximum absolute atomic E-state index is 14.0. The summed E-state index contributed by atoms with van der Waals surface area (Å²) in [5.41, 5.74) is 1.71. The number of sulfonamides is 1. The molecule has 3 aromatic rings. The summed E-state index contributed by atoms with van der Waals surface area (Å²) in [4.78, 5) is 22.9. The number of hydrogen-bond acceptors (Lipinski definition) is 6. The van der Waals surface area contributed by atoms with Gasteiger partial charge >= 0.3 is 0 Å². The fourth-order valence-electron chi connectivity index (χ4n) is 3.52. The van der Waals surface area contributed by atoms with Gasteiger partial charge in [0.2, 0.25) is 0 Å². The Morgan fingerprint density at radius 3 is 2.61 bits per heavy atom. The molecule has 1 aliphatic rings. The Morgan fingerprint density at radius 2 is 1.88 bits per heavy atom. The number of benzene rings is 2.